The molecule has 406 valence electrons. The maximum absolute atomic E-state index is 15.3. The number of halogens is 1. The summed E-state index contributed by atoms with van der Waals surface area (Å²) in [5, 5.41) is 26.6. The van der Waals surface area contributed by atoms with E-state index in [9.17, 15) is 29.4 Å². The molecule has 0 saturated carbocycles. The Hall–Kier alpha value is -6.70. The Balaban J connectivity index is 0.694. The Labute approximate surface area is 446 Å². The second kappa shape index (κ2) is 19.9. The lowest BCUT2D eigenvalue weighted by Crippen LogP contribution is -2.49. The molecule has 0 radical (unpaired) electrons. The zero-order valence-electron chi connectivity index (χ0n) is 44.5. The van der Waals surface area contributed by atoms with E-state index >= 15 is 4.39 Å². The van der Waals surface area contributed by atoms with Gasteiger partial charge < -0.3 is 29.5 Å². The molecule has 0 spiro atoms. The van der Waals surface area contributed by atoms with Crippen molar-refractivity contribution in [2.75, 3.05) is 63.9 Å². The molecule has 6 aliphatic rings. The Morgan fingerprint density at radius 3 is 2.55 bits per heavy atom. The molecule has 6 aromatic rings. The third kappa shape index (κ3) is 9.24. The smallest absolute Gasteiger partial charge is 0.409 e. The predicted octanol–water partition coefficient (Wildman–Crippen LogP) is 7.01. The summed E-state index contributed by atoms with van der Waals surface area (Å²) in [7, 11) is 1.73. The summed E-state index contributed by atoms with van der Waals surface area (Å²) in [6.07, 6.45) is 10.2. The van der Waals surface area contributed by atoms with Gasteiger partial charge in [0.15, 0.2) is 0 Å². The number of pyridine rings is 1. The first-order valence-corrected chi connectivity index (χ1v) is 27.8. The summed E-state index contributed by atoms with van der Waals surface area (Å²) >= 11 is 0. The largest absolute Gasteiger partial charge is 0.508 e. The molecule has 3 aromatic carbocycles. The van der Waals surface area contributed by atoms with Crippen molar-refractivity contribution in [3.05, 3.63) is 81.7 Å². The Bertz CT molecular complexity index is 3410. The third-order valence-electron chi connectivity index (χ3n) is 18.1. The SMILES string of the molecule is CCc1c(F)ccc2cc(O)cc(-c3ncc4c(N5CCC[C@@](C)(O)C5)nc(OC[C@]56CCCN5[C@H](COC(=O)N5CCC(N7CCC(c8ccc9c(c8)n(C)c(=O)n9C8CCC(=O)NC8=O)C7)CC5)CC6)nc4c3C)c12. The number of piperidine rings is 3. The van der Waals surface area contributed by atoms with Crippen molar-refractivity contribution in [3.63, 3.8) is 0 Å². The summed E-state index contributed by atoms with van der Waals surface area (Å²) in [5.74, 6) is -0.0919. The average Bonchev–Trinajstić information content (AvgIpc) is 4.30. The van der Waals surface area contributed by atoms with E-state index in [2.05, 4.69) is 32.1 Å². The number of likely N-dealkylation sites (tertiary alicyclic amines) is 2. The number of aromatic hydroxyl groups is 1. The molecule has 6 saturated heterocycles. The van der Waals surface area contributed by atoms with E-state index in [0.29, 0.717) is 120 Å². The van der Waals surface area contributed by atoms with Crippen LogP contribution in [0.15, 0.2) is 53.5 Å². The molecule has 77 heavy (non-hydrogen) atoms. The van der Waals surface area contributed by atoms with Crippen LogP contribution in [0.5, 0.6) is 11.8 Å². The van der Waals surface area contributed by atoms with Crippen LogP contribution in [0.2, 0.25) is 0 Å². The second-order valence-corrected chi connectivity index (χ2v) is 23.0. The minimum atomic E-state index is -0.913. The van der Waals surface area contributed by atoms with Gasteiger partial charge in [-0.3, -0.25) is 38.8 Å². The van der Waals surface area contributed by atoms with E-state index in [1.807, 2.05) is 31.7 Å². The zero-order chi connectivity index (χ0) is 53.5. The van der Waals surface area contributed by atoms with Crippen molar-refractivity contribution < 1.29 is 38.5 Å². The van der Waals surface area contributed by atoms with E-state index in [1.54, 1.807) is 36.0 Å². The maximum Gasteiger partial charge on any atom is 0.409 e. The van der Waals surface area contributed by atoms with Crippen molar-refractivity contribution in [2.45, 2.75) is 133 Å². The third-order valence-corrected chi connectivity index (χ3v) is 18.1. The number of aryl methyl sites for hydroxylation is 3. The van der Waals surface area contributed by atoms with E-state index in [-0.39, 0.29) is 53.3 Å². The first kappa shape index (κ1) is 51.1. The van der Waals surface area contributed by atoms with Crippen LogP contribution < -0.4 is 20.6 Å². The van der Waals surface area contributed by atoms with Gasteiger partial charge in [-0.1, -0.05) is 19.1 Å². The Morgan fingerprint density at radius 1 is 0.935 bits per heavy atom. The lowest BCUT2D eigenvalue weighted by Gasteiger charge is -2.38. The predicted molar refractivity (Wildman–Crippen MR) is 289 cm³/mol. The van der Waals surface area contributed by atoms with Gasteiger partial charge in [0.1, 0.15) is 36.6 Å². The highest BCUT2D eigenvalue weighted by molar-refractivity contribution is 6.03. The van der Waals surface area contributed by atoms with Gasteiger partial charge in [-0.05, 0) is 156 Å². The number of anilines is 1. The number of phenolic OH excluding ortho intramolecular Hbond substituents is 1. The minimum absolute atomic E-state index is 0.0521. The van der Waals surface area contributed by atoms with Crippen LogP contribution in [0.25, 0.3) is 44.0 Å². The number of amides is 3. The number of hydrogen-bond donors (Lipinski definition) is 3. The highest BCUT2D eigenvalue weighted by Gasteiger charge is 2.50. The molecule has 9 heterocycles. The van der Waals surface area contributed by atoms with Crippen LogP contribution in [0.4, 0.5) is 15.0 Å². The summed E-state index contributed by atoms with van der Waals surface area (Å²) in [4.78, 5) is 75.6. The van der Waals surface area contributed by atoms with Gasteiger partial charge in [0, 0.05) is 75.6 Å². The van der Waals surface area contributed by atoms with Crippen LogP contribution in [0, 0.1) is 12.7 Å². The lowest BCUT2D eigenvalue weighted by molar-refractivity contribution is -0.135. The van der Waals surface area contributed by atoms with Gasteiger partial charge in [-0.2, -0.15) is 9.97 Å². The van der Waals surface area contributed by atoms with Crippen LogP contribution in [-0.4, -0.2) is 149 Å². The van der Waals surface area contributed by atoms with Crippen molar-refractivity contribution in [1.29, 1.82) is 0 Å². The number of nitrogens with one attached hydrogen (secondary N) is 1. The van der Waals surface area contributed by atoms with Crippen molar-refractivity contribution in [3.8, 4) is 23.0 Å². The normalized spacial score (nSPS) is 25.6. The molecule has 2 unspecified atom stereocenters. The van der Waals surface area contributed by atoms with Crippen LogP contribution in [0.3, 0.4) is 0 Å². The van der Waals surface area contributed by atoms with Gasteiger partial charge in [0.05, 0.1) is 38.8 Å². The number of β-amino-alcohol motifs (C(OH)–C–C–N with tert-alkyl or cyclic N) is 1. The van der Waals surface area contributed by atoms with Gasteiger partial charge in [-0.25, -0.2) is 14.0 Å². The molecule has 19 heteroatoms. The monoisotopic (exact) mass is 1050 g/mol. The molecule has 12 rings (SSSR count). The highest BCUT2D eigenvalue weighted by atomic mass is 19.1. The number of aromatic nitrogens is 5. The summed E-state index contributed by atoms with van der Waals surface area (Å²) in [6.45, 7) is 11.4. The molecule has 0 aliphatic carbocycles. The number of aliphatic hydroxyl groups is 1. The zero-order valence-corrected chi connectivity index (χ0v) is 44.5. The Kier molecular flexibility index (Phi) is 13.2. The number of imide groups is 1. The number of hydrogen-bond acceptors (Lipinski definition) is 14. The number of rotatable bonds is 11. The molecule has 5 atom stereocenters. The molecule has 18 nitrogen and oxygen atoms in total. The molecular weight excluding hydrogens is 984 g/mol. The molecule has 3 amide bonds. The van der Waals surface area contributed by atoms with Crippen molar-refractivity contribution >= 4 is 56.4 Å². The van der Waals surface area contributed by atoms with E-state index < -0.39 is 17.6 Å². The minimum Gasteiger partial charge on any atom is -0.508 e. The summed E-state index contributed by atoms with van der Waals surface area (Å²) in [6, 6.07) is 12.4. The first-order chi connectivity index (χ1) is 37.1. The van der Waals surface area contributed by atoms with Gasteiger partial charge >= 0.3 is 17.8 Å². The maximum atomic E-state index is 15.3. The number of nitrogens with zero attached hydrogens (tertiary/aromatic N) is 9. The van der Waals surface area contributed by atoms with Crippen molar-refractivity contribution in [2.24, 2.45) is 7.05 Å². The molecule has 0 bridgehead atoms. The number of benzene rings is 3. The highest BCUT2D eigenvalue weighted by Crippen LogP contribution is 2.44. The number of fused-ring (bicyclic) bond motifs is 4. The number of imidazole rings is 1. The average molecular weight is 1050 g/mol. The first-order valence-electron chi connectivity index (χ1n) is 27.8. The van der Waals surface area contributed by atoms with E-state index in [1.165, 1.54) is 10.6 Å². The standard InChI is InChI=1S/C58H69FN10O8/c1-5-41-44(59)10-8-36-26-40(70)28-42(49(36)41)50-34(2)51-43(29-60-50)52(67-21-6-18-57(3,75)32-67)63-54(62-51)77-33-58-19-7-22-68(58)39(14-20-58)31-76-56(74)65-24-16-38(17-25-65)66-23-15-37(30-66)35-9-11-45-47(27-35)64(4)55(73)69(45)46-12-13-48(71)61-53(46)72/h8-11,26-29,37-39,46,70,75H,5-7,12-25,30-33H2,1-4H3,(H,61,71,72)/t37?,39-,46?,57+,58+/m0/s1. The van der Waals surface area contributed by atoms with Crippen LogP contribution in [0.1, 0.15) is 113 Å². The Morgan fingerprint density at radius 2 is 1.75 bits per heavy atom. The van der Waals surface area contributed by atoms with E-state index in [4.69, 9.17) is 24.4 Å². The van der Waals surface area contributed by atoms with Gasteiger partial charge in [-0.15, -0.1) is 0 Å². The van der Waals surface area contributed by atoms with Crippen LogP contribution in [-0.2, 0) is 27.8 Å². The summed E-state index contributed by atoms with van der Waals surface area (Å²) in [5.41, 5.74) is 4.26. The quantitative estimate of drug-likeness (QED) is 0.112. The van der Waals surface area contributed by atoms with Gasteiger partial charge in [0.2, 0.25) is 11.8 Å². The van der Waals surface area contributed by atoms with Gasteiger partial charge in [0.25, 0.3) is 0 Å². The molecule has 6 fully saturated rings. The fourth-order valence-electron chi connectivity index (χ4n) is 14.1. The van der Waals surface area contributed by atoms with Crippen molar-refractivity contribution in [1.82, 2.24) is 44.1 Å². The molecular formula is C58H69FN10O8. The fraction of sp³-hybridized carbons (Fsp3) is 0.534. The number of carbonyl (C=O) groups excluding carboxylic acids is 3. The second-order valence-electron chi connectivity index (χ2n) is 23.0. The number of ether oxygens (including phenoxy) is 2. The van der Waals surface area contributed by atoms with Crippen LogP contribution >= 0.6 is 0 Å². The fourth-order valence-corrected chi connectivity index (χ4v) is 14.1. The van der Waals surface area contributed by atoms with E-state index in [0.717, 1.165) is 87.6 Å². The number of carbonyl (C=O) groups is 3. The lowest BCUT2D eigenvalue weighted by atomic mass is 9.93. The topological polar surface area (TPSA) is 201 Å². The number of phenols is 1. The molecule has 3 N–H and O–H groups in total. The summed E-state index contributed by atoms with van der Waals surface area (Å²) < 4.78 is 31.3. The molecule has 6 aliphatic heterocycles. The molecule has 3 aromatic heterocycles.